The molecule has 3 aromatic rings. The van der Waals surface area contributed by atoms with E-state index in [9.17, 15) is 13.2 Å². The Hall–Kier alpha value is -3.38. The summed E-state index contributed by atoms with van der Waals surface area (Å²) in [5.74, 6) is -1.07. The summed E-state index contributed by atoms with van der Waals surface area (Å²) in [7, 11) is -3.75. The largest absolute Gasteiger partial charge is 0.478 e. The highest BCUT2D eigenvalue weighted by atomic mass is 32.2. The molecular weight excluding hydrogens is 362 g/mol. The van der Waals surface area contributed by atoms with Crippen LogP contribution in [0.5, 0.6) is 0 Å². The van der Waals surface area contributed by atoms with Gasteiger partial charge in [0.1, 0.15) is 0 Å². The van der Waals surface area contributed by atoms with E-state index in [1.807, 2.05) is 30.3 Å². The van der Waals surface area contributed by atoms with E-state index in [1.165, 1.54) is 6.08 Å². The van der Waals surface area contributed by atoms with Gasteiger partial charge in [0.15, 0.2) is 0 Å². The van der Waals surface area contributed by atoms with Gasteiger partial charge in [0.05, 0.1) is 4.90 Å². The monoisotopic (exact) mass is 379 g/mol. The molecule has 0 radical (unpaired) electrons. The SMILES string of the molecule is O=C(O)C=Cc1cccc(NS(=O)(=O)c2ccc(-c3ccccc3)cc2)c1. The Bertz CT molecular complexity index is 1070. The fourth-order valence-corrected chi connectivity index (χ4v) is 3.59. The Morgan fingerprint density at radius 1 is 0.852 bits per heavy atom. The molecule has 0 bridgehead atoms. The fraction of sp³-hybridized carbons (Fsp3) is 0. The van der Waals surface area contributed by atoms with Crippen LogP contribution in [-0.2, 0) is 14.8 Å². The van der Waals surface area contributed by atoms with Crippen LogP contribution in [0.25, 0.3) is 17.2 Å². The molecule has 0 fully saturated rings. The van der Waals surface area contributed by atoms with Crippen molar-refractivity contribution in [1.82, 2.24) is 0 Å². The van der Waals surface area contributed by atoms with Crippen molar-refractivity contribution in [2.75, 3.05) is 4.72 Å². The minimum atomic E-state index is -3.75. The lowest BCUT2D eigenvalue weighted by Crippen LogP contribution is -2.12. The second-order valence-corrected chi connectivity index (χ2v) is 7.48. The van der Waals surface area contributed by atoms with Crippen LogP contribution in [0.2, 0.25) is 0 Å². The van der Waals surface area contributed by atoms with Crippen molar-refractivity contribution < 1.29 is 18.3 Å². The summed E-state index contributed by atoms with van der Waals surface area (Å²) in [5.41, 5.74) is 2.87. The smallest absolute Gasteiger partial charge is 0.328 e. The van der Waals surface area contributed by atoms with Gasteiger partial charge >= 0.3 is 5.97 Å². The number of rotatable bonds is 6. The maximum Gasteiger partial charge on any atom is 0.328 e. The molecule has 0 saturated carbocycles. The van der Waals surface area contributed by atoms with Crippen molar-refractivity contribution >= 4 is 27.8 Å². The van der Waals surface area contributed by atoms with E-state index in [2.05, 4.69) is 4.72 Å². The van der Waals surface area contributed by atoms with Crippen molar-refractivity contribution in [3.63, 3.8) is 0 Å². The van der Waals surface area contributed by atoms with Gasteiger partial charge in [-0.1, -0.05) is 54.6 Å². The molecule has 0 aliphatic carbocycles. The van der Waals surface area contributed by atoms with Gasteiger partial charge in [0, 0.05) is 11.8 Å². The van der Waals surface area contributed by atoms with Crippen molar-refractivity contribution in [3.05, 3.63) is 90.5 Å². The number of aliphatic carboxylic acids is 1. The molecule has 0 spiro atoms. The fourth-order valence-electron chi connectivity index (χ4n) is 2.54. The molecule has 0 saturated heterocycles. The summed E-state index contributed by atoms with van der Waals surface area (Å²) < 4.78 is 27.7. The first-order chi connectivity index (χ1) is 12.9. The molecule has 0 atom stereocenters. The van der Waals surface area contributed by atoms with Gasteiger partial charge in [-0.15, -0.1) is 0 Å². The molecule has 136 valence electrons. The molecule has 0 aliphatic rings. The topological polar surface area (TPSA) is 83.5 Å². The molecule has 0 amide bonds. The lowest BCUT2D eigenvalue weighted by Gasteiger charge is -2.09. The Kier molecular flexibility index (Phi) is 5.38. The molecule has 6 heteroatoms. The van der Waals surface area contributed by atoms with E-state index < -0.39 is 16.0 Å². The van der Waals surface area contributed by atoms with E-state index in [0.29, 0.717) is 11.3 Å². The van der Waals surface area contributed by atoms with Crippen LogP contribution in [0, 0.1) is 0 Å². The highest BCUT2D eigenvalue weighted by Gasteiger charge is 2.14. The minimum absolute atomic E-state index is 0.147. The Morgan fingerprint density at radius 2 is 1.52 bits per heavy atom. The van der Waals surface area contributed by atoms with Crippen LogP contribution >= 0.6 is 0 Å². The van der Waals surface area contributed by atoms with Gasteiger partial charge in [0.25, 0.3) is 10.0 Å². The lowest BCUT2D eigenvalue weighted by molar-refractivity contribution is -0.131. The number of anilines is 1. The summed E-state index contributed by atoms with van der Waals surface area (Å²) in [4.78, 5) is 10.7. The van der Waals surface area contributed by atoms with Crippen LogP contribution in [0.3, 0.4) is 0 Å². The Labute approximate surface area is 157 Å². The molecule has 2 N–H and O–H groups in total. The molecule has 0 aliphatic heterocycles. The summed E-state index contributed by atoms with van der Waals surface area (Å²) in [6.07, 6.45) is 2.39. The lowest BCUT2D eigenvalue weighted by atomic mass is 10.1. The van der Waals surface area contributed by atoms with Crippen LogP contribution < -0.4 is 4.72 Å². The van der Waals surface area contributed by atoms with Crippen molar-refractivity contribution in [2.45, 2.75) is 4.90 Å². The van der Waals surface area contributed by atoms with E-state index >= 15 is 0 Å². The molecule has 0 unspecified atom stereocenters. The highest BCUT2D eigenvalue weighted by Crippen LogP contribution is 2.23. The number of hydrogen-bond donors (Lipinski definition) is 2. The van der Waals surface area contributed by atoms with E-state index in [0.717, 1.165) is 17.2 Å². The number of hydrogen-bond acceptors (Lipinski definition) is 3. The predicted molar refractivity (Wildman–Crippen MR) is 106 cm³/mol. The summed E-state index contributed by atoms with van der Waals surface area (Å²) in [6.45, 7) is 0. The second-order valence-electron chi connectivity index (χ2n) is 5.79. The molecule has 3 aromatic carbocycles. The number of carbonyl (C=O) groups is 1. The maximum atomic E-state index is 12.6. The highest BCUT2D eigenvalue weighted by molar-refractivity contribution is 7.92. The average molecular weight is 379 g/mol. The molecule has 0 heterocycles. The third-order valence-electron chi connectivity index (χ3n) is 3.83. The molecule has 5 nitrogen and oxygen atoms in total. The van der Waals surface area contributed by atoms with Crippen LogP contribution in [0.15, 0.2) is 89.8 Å². The van der Waals surface area contributed by atoms with Crippen molar-refractivity contribution in [2.24, 2.45) is 0 Å². The Morgan fingerprint density at radius 3 is 2.19 bits per heavy atom. The summed E-state index contributed by atoms with van der Waals surface area (Å²) >= 11 is 0. The normalized spacial score (nSPS) is 11.4. The Balaban J connectivity index is 1.81. The van der Waals surface area contributed by atoms with Crippen molar-refractivity contribution in [3.8, 4) is 11.1 Å². The van der Waals surface area contributed by atoms with Crippen molar-refractivity contribution in [1.29, 1.82) is 0 Å². The van der Waals surface area contributed by atoms with Gasteiger partial charge in [0.2, 0.25) is 0 Å². The molecule has 27 heavy (non-hydrogen) atoms. The minimum Gasteiger partial charge on any atom is -0.478 e. The van der Waals surface area contributed by atoms with E-state index in [1.54, 1.807) is 48.5 Å². The second kappa shape index (κ2) is 7.88. The third-order valence-corrected chi connectivity index (χ3v) is 5.23. The number of nitrogens with one attached hydrogen (secondary N) is 1. The zero-order valence-corrected chi connectivity index (χ0v) is 15.1. The predicted octanol–water partition coefficient (Wildman–Crippen LogP) is 4.25. The van der Waals surface area contributed by atoms with Crippen LogP contribution in [-0.4, -0.2) is 19.5 Å². The van der Waals surface area contributed by atoms with Gasteiger partial charge < -0.3 is 5.11 Å². The first-order valence-electron chi connectivity index (χ1n) is 8.13. The molecular formula is C21H17NO4S. The first kappa shape index (κ1) is 18.4. The number of carboxylic acids is 1. The summed E-state index contributed by atoms with van der Waals surface area (Å²) in [5, 5.41) is 8.69. The molecule has 3 rings (SSSR count). The van der Waals surface area contributed by atoms with Gasteiger partial charge in [-0.2, -0.15) is 0 Å². The van der Waals surface area contributed by atoms with Crippen LogP contribution in [0.4, 0.5) is 5.69 Å². The van der Waals surface area contributed by atoms with Gasteiger partial charge in [-0.25, -0.2) is 13.2 Å². The standard InChI is InChI=1S/C21H17NO4S/c23-21(24)14-9-16-5-4-8-19(15-16)22-27(25,26)20-12-10-18(11-13-20)17-6-2-1-3-7-17/h1-15,22H,(H,23,24). The van der Waals surface area contributed by atoms with Gasteiger partial charge in [-0.05, 0) is 47.0 Å². The number of carboxylic acid groups (broad SMARTS) is 1. The zero-order valence-electron chi connectivity index (χ0n) is 14.2. The summed E-state index contributed by atoms with van der Waals surface area (Å²) in [6, 6.07) is 22.8. The van der Waals surface area contributed by atoms with E-state index in [-0.39, 0.29) is 4.90 Å². The van der Waals surface area contributed by atoms with Crippen LogP contribution in [0.1, 0.15) is 5.56 Å². The average Bonchev–Trinajstić information content (AvgIpc) is 2.67. The maximum absolute atomic E-state index is 12.6. The van der Waals surface area contributed by atoms with E-state index in [4.69, 9.17) is 5.11 Å². The number of benzene rings is 3. The quantitative estimate of drug-likeness (QED) is 0.627. The number of sulfonamides is 1. The first-order valence-corrected chi connectivity index (χ1v) is 9.62. The van der Waals surface area contributed by atoms with Gasteiger partial charge in [-0.3, -0.25) is 4.72 Å². The molecule has 0 aromatic heterocycles. The zero-order chi connectivity index (χ0) is 19.3. The third kappa shape index (κ3) is 4.83.